The molecule has 0 aromatic carbocycles. The second-order valence-electron chi connectivity index (χ2n) is 4.20. The topological polar surface area (TPSA) is 61.8 Å². The zero-order valence-electron chi connectivity index (χ0n) is 10.4. The minimum Gasteiger partial charge on any atom is -0.466 e. The average molecular weight is 242 g/mol. The SMILES string of the molecule is C=C[C@@H]1OC(C)(C)O[C@H]1C(=O)CC(=O)OCC. The van der Waals surface area contributed by atoms with Crippen molar-refractivity contribution in [2.75, 3.05) is 6.61 Å². The van der Waals surface area contributed by atoms with Crippen molar-refractivity contribution >= 4 is 11.8 Å². The quantitative estimate of drug-likeness (QED) is 0.412. The monoisotopic (exact) mass is 242 g/mol. The Balaban J connectivity index is 2.62. The van der Waals surface area contributed by atoms with Gasteiger partial charge < -0.3 is 14.2 Å². The van der Waals surface area contributed by atoms with E-state index in [-0.39, 0.29) is 18.8 Å². The van der Waals surface area contributed by atoms with Crippen molar-refractivity contribution in [3.8, 4) is 0 Å². The summed E-state index contributed by atoms with van der Waals surface area (Å²) in [5.41, 5.74) is 0. The molecule has 1 aliphatic heterocycles. The lowest BCUT2D eigenvalue weighted by Gasteiger charge is -2.16. The molecule has 0 aliphatic carbocycles. The Kier molecular flexibility index (Phi) is 4.42. The molecule has 1 saturated heterocycles. The van der Waals surface area contributed by atoms with Gasteiger partial charge in [0.15, 0.2) is 11.6 Å². The highest BCUT2D eigenvalue weighted by molar-refractivity contribution is 5.98. The van der Waals surface area contributed by atoms with Crippen molar-refractivity contribution in [3.05, 3.63) is 12.7 Å². The summed E-state index contributed by atoms with van der Waals surface area (Å²) in [4.78, 5) is 23.0. The smallest absolute Gasteiger partial charge is 0.313 e. The highest BCUT2D eigenvalue weighted by atomic mass is 16.8. The highest BCUT2D eigenvalue weighted by Crippen LogP contribution is 2.29. The summed E-state index contributed by atoms with van der Waals surface area (Å²) < 4.78 is 15.6. The second kappa shape index (κ2) is 5.42. The van der Waals surface area contributed by atoms with Crippen molar-refractivity contribution in [2.45, 2.75) is 45.2 Å². The molecular weight excluding hydrogens is 224 g/mol. The number of carbonyl (C=O) groups excluding carboxylic acids is 2. The first-order valence-electron chi connectivity index (χ1n) is 5.56. The number of hydrogen-bond acceptors (Lipinski definition) is 5. The Morgan fingerprint density at radius 1 is 1.41 bits per heavy atom. The lowest BCUT2D eigenvalue weighted by Crippen LogP contribution is -2.32. The number of hydrogen-bond donors (Lipinski definition) is 0. The van der Waals surface area contributed by atoms with Gasteiger partial charge in [0.2, 0.25) is 0 Å². The van der Waals surface area contributed by atoms with Gasteiger partial charge in [-0.05, 0) is 20.8 Å². The number of rotatable bonds is 5. The van der Waals surface area contributed by atoms with Gasteiger partial charge in [-0.3, -0.25) is 9.59 Å². The fourth-order valence-electron chi connectivity index (χ4n) is 1.67. The average Bonchev–Trinajstić information content (AvgIpc) is 2.54. The molecule has 0 unspecified atom stereocenters. The number of esters is 1. The molecule has 0 aromatic heterocycles. The summed E-state index contributed by atoms with van der Waals surface area (Å²) in [5.74, 6) is -1.74. The van der Waals surface area contributed by atoms with Crippen LogP contribution in [-0.2, 0) is 23.8 Å². The third-order valence-electron chi connectivity index (χ3n) is 2.30. The van der Waals surface area contributed by atoms with Gasteiger partial charge in [-0.1, -0.05) is 6.08 Å². The standard InChI is InChI=1S/C12H18O5/c1-5-9-11(17-12(3,4)16-9)8(13)7-10(14)15-6-2/h5,9,11H,1,6-7H2,2-4H3/t9-,11-/m0/s1. The van der Waals surface area contributed by atoms with Crippen LogP contribution < -0.4 is 0 Å². The van der Waals surface area contributed by atoms with Crippen molar-refractivity contribution < 1.29 is 23.8 Å². The maximum absolute atomic E-state index is 11.8. The number of ketones is 1. The van der Waals surface area contributed by atoms with Gasteiger partial charge >= 0.3 is 5.97 Å². The molecule has 0 amide bonds. The van der Waals surface area contributed by atoms with E-state index >= 15 is 0 Å². The predicted molar refractivity (Wildman–Crippen MR) is 60.3 cm³/mol. The molecule has 0 spiro atoms. The van der Waals surface area contributed by atoms with Crippen LogP contribution in [0.5, 0.6) is 0 Å². The Labute approximate surface area is 101 Å². The normalized spacial score (nSPS) is 26.5. The van der Waals surface area contributed by atoms with Crippen LogP contribution in [0.15, 0.2) is 12.7 Å². The minimum atomic E-state index is -0.839. The van der Waals surface area contributed by atoms with Crippen LogP contribution in [-0.4, -0.2) is 36.4 Å². The third kappa shape index (κ3) is 3.64. The van der Waals surface area contributed by atoms with E-state index in [0.29, 0.717) is 0 Å². The molecule has 5 nitrogen and oxygen atoms in total. The number of carbonyl (C=O) groups is 2. The lowest BCUT2D eigenvalue weighted by molar-refractivity contribution is -0.157. The fourth-order valence-corrected chi connectivity index (χ4v) is 1.67. The van der Waals surface area contributed by atoms with E-state index in [1.54, 1.807) is 20.8 Å². The molecule has 5 heteroatoms. The van der Waals surface area contributed by atoms with Gasteiger partial charge in [-0.25, -0.2) is 0 Å². The largest absolute Gasteiger partial charge is 0.466 e. The molecule has 1 heterocycles. The molecule has 0 saturated carbocycles. The van der Waals surface area contributed by atoms with Crippen molar-refractivity contribution in [1.29, 1.82) is 0 Å². The first-order chi connectivity index (χ1) is 7.89. The van der Waals surface area contributed by atoms with Gasteiger partial charge in [0.25, 0.3) is 0 Å². The second-order valence-corrected chi connectivity index (χ2v) is 4.20. The van der Waals surface area contributed by atoms with E-state index in [1.165, 1.54) is 6.08 Å². The fraction of sp³-hybridized carbons (Fsp3) is 0.667. The van der Waals surface area contributed by atoms with E-state index in [2.05, 4.69) is 6.58 Å². The summed E-state index contributed by atoms with van der Waals surface area (Å²) in [6.45, 7) is 8.94. The zero-order chi connectivity index (χ0) is 13.1. The van der Waals surface area contributed by atoms with Gasteiger partial charge in [0.05, 0.1) is 6.61 Å². The van der Waals surface area contributed by atoms with Gasteiger partial charge in [0, 0.05) is 0 Å². The molecule has 2 atom stereocenters. The molecule has 1 rings (SSSR count). The van der Waals surface area contributed by atoms with Crippen LogP contribution in [0.4, 0.5) is 0 Å². The highest BCUT2D eigenvalue weighted by Gasteiger charge is 2.43. The van der Waals surface area contributed by atoms with E-state index in [0.717, 1.165) is 0 Å². The molecule has 1 fully saturated rings. The lowest BCUT2D eigenvalue weighted by atomic mass is 10.1. The molecule has 0 bridgehead atoms. The summed E-state index contributed by atoms with van der Waals surface area (Å²) >= 11 is 0. The predicted octanol–water partition coefficient (Wildman–Crippen LogP) is 1.21. The van der Waals surface area contributed by atoms with Crippen molar-refractivity contribution in [1.82, 2.24) is 0 Å². The van der Waals surface area contributed by atoms with E-state index in [4.69, 9.17) is 14.2 Å². The molecule has 0 N–H and O–H groups in total. The van der Waals surface area contributed by atoms with E-state index in [9.17, 15) is 9.59 Å². The van der Waals surface area contributed by atoms with Gasteiger partial charge in [-0.15, -0.1) is 6.58 Å². The Morgan fingerprint density at radius 3 is 2.59 bits per heavy atom. The number of ether oxygens (including phenoxy) is 3. The first-order valence-corrected chi connectivity index (χ1v) is 5.56. The Morgan fingerprint density at radius 2 is 2.06 bits per heavy atom. The van der Waals surface area contributed by atoms with E-state index < -0.39 is 24.0 Å². The summed E-state index contributed by atoms with van der Waals surface area (Å²) in [6, 6.07) is 0. The van der Waals surface area contributed by atoms with Gasteiger partial charge in [-0.2, -0.15) is 0 Å². The Bertz CT molecular complexity index is 321. The van der Waals surface area contributed by atoms with E-state index in [1.807, 2.05) is 0 Å². The summed E-state index contributed by atoms with van der Waals surface area (Å²) in [6.07, 6.45) is -0.107. The Hall–Kier alpha value is -1.20. The molecule has 1 aliphatic rings. The minimum absolute atomic E-state index is 0.254. The van der Waals surface area contributed by atoms with Crippen LogP contribution in [0.25, 0.3) is 0 Å². The molecule has 0 aromatic rings. The molecular formula is C12H18O5. The maximum Gasteiger partial charge on any atom is 0.313 e. The van der Waals surface area contributed by atoms with Gasteiger partial charge in [0.1, 0.15) is 18.6 Å². The van der Waals surface area contributed by atoms with Crippen LogP contribution in [0.2, 0.25) is 0 Å². The van der Waals surface area contributed by atoms with Crippen LogP contribution in [0.1, 0.15) is 27.2 Å². The summed E-state index contributed by atoms with van der Waals surface area (Å²) in [5, 5.41) is 0. The third-order valence-corrected chi connectivity index (χ3v) is 2.30. The maximum atomic E-state index is 11.8. The zero-order valence-corrected chi connectivity index (χ0v) is 10.4. The van der Waals surface area contributed by atoms with Crippen LogP contribution in [0, 0.1) is 0 Å². The van der Waals surface area contributed by atoms with Crippen LogP contribution >= 0.6 is 0 Å². The van der Waals surface area contributed by atoms with Crippen molar-refractivity contribution in [2.24, 2.45) is 0 Å². The first kappa shape index (κ1) is 13.9. The number of Topliss-reactive ketones (excluding diaryl/α,β-unsaturated/α-hetero) is 1. The molecule has 17 heavy (non-hydrogen) atoms. The summed E-state index contributed by atoms with van der Waals surface area (Å²) in [7, 11) is 0. The van der Waals surface area contributed by atoms with Crippen LogP contribution in [0.3, 0.4) is 0 Å². The van der Waals surface area contributed by atoms with Crippen molar-refractivity contribution in [3.63, 3.8) is 0 Å². The molecule has 0 radical (unpaired) electrons. The molecule has 96 valence electrons.